The molecule has 154 valence electrons. The van der Waals surface area contributed by atoms with Crippen molar-refractivity contribution in [2.45, 2.75) is 4.90 Å². The van der Waals surface area contributed by atoms with Gasteiger partial charge in [-0.3, -0.25) is 15.1 Å². The normalized spacial score (nSPS) is 15.1. The zero-order valence-corrected chi connectivity index (χ0v) is 16.6. The van der Waals surface area contributed by atoms with Crippen LogP contribution in [0.1, 0.15) is 0 Å². The number of hydrogen-bond donors (Lipinski definition) is 0. The minimum atomic E-state index is -3.96. The van der Waals surface area contributed by atoms with Crippen LogP contribution in [0.2, 0.25) is 0 Å². The molecule has 0 unspecified atom stereocenters. The average molecular weight is 426 g/mol. The number of nitro groups is 1. The first-order chi connectivity index (χ1) is 14.5. The van der Waals surface area contributed by atoms with E-state index in [1.54, 1.807) is 12.4 Å². The predicted octanol–water partition coefficient (Wildman–Crippen LogP) is 1.96. The number of hydrogen-bond acceptors (Lipinski definition) is 8. The molecule has 10 nitrogen and oxygen atoms in total. The largest absolute Gasteiger partial charge is 0.352 e. The van der Waals surface area contributed by atoms with Gasteiger partial charge >= 0.3 is 0 Å². The summed E-state index contributed by atoms with van der Waals surface area (Å²) in [5, 5.41) is 19.7. The van der Waals surface area contributed by atoms with E-state index in [9.17, 15) is 18.5 Å². The highest BCUT2D eigenvalue weighted by Crippen LogP contribution is 2.27. The minimum absolute atomic E-state index is 0.197. The van der Waals surface area contributed by atoms with Crippen molar-refractivity contribution < 1.29 is 13.3 Å². The van der Waals surface area contributed by atoms with Crippen LogP contribution in [-0.2, 0) is 10.0 Å². The third-order valence-corrected chi connectivity index (χ3v) is 6.81. The third-order valence-electron chi connectivity index (χ3n) is 4.87. The second-order valence-electron chi connectivity index (χ2n) is 6.63. The number of pyridine rings is 1. The number of aromatic nitrogens is 3. The summed E-state index contributed by atoms with van der Waals surface area (Å²) in [7, 11) is -3.96. The molecule has 0 amide bonds. The standard InChI is InChI=1S/C19H18N6O4S/c26-25(27)17-3-1-2-4-18(17)30(28,29)24-13-11-23(12-14-24)19-6-5-16(21-22-19)15-7-9-20-10-8-15/h1-10H,11-14H2. The third kappa shape index (κ3) is 3.84. The summed E-state index contributed by atoms with van der Waals surface area (Å²) >= 11 is 0. The van der Waals surface area contributed by atoms with Crippen LogP contribution in [0, 0.1) is 10.1 Å². The average Bonchev–Trinajstić information content (AvgIpc) is 2.80. The second-order valence-corrected chi connectivity index (χ2v) is 8.53. The van der Waals surface area contributed by atoms with Gasteiger partial charge in [0.25, 0.3) is 5.69 Å². The molecular weight excluding hydrogens is 408 g/mol. The zero-order chi connectivity index (χ0) is 21.1. The lowest BCUT2D eigenvalue weighted by Gasteiger charge is -2.34. The fourth-order valence-corrected chi connectivity index (χ4v) is 4.87. The van der Waals surface area contributed by atoms with Gasteiger partial charge in [0.1, 0.15) is 0 Å². The van der Waals surface area contributed by atoms with E-state index in [2.05, 4.69) is 15.2 Å². The molecule has 0 aliphatic carbocycles. The first kappa shape index (κ1) is 19.9. The van der Waals surface area contributed by atoms with Gasteiger partial charge in [0.15, 0.2) is 10.7 Å². The summed E-state index contributed by atoms with van der Waals surface area (Å²) in [6.07, 6.45) is 3.36. The molecule has 1 saturated heterocycles. The van der Waals surface area contributed by atoms with Gasteiger partial charge in [-0.2, -0.15) is 4.31 Å². The Morgan fingerprint density at radius 2 is 1.60 bits per heavy atom. The summed E-state index contributed by atoms with van der Waals surface area (Å²) in [6, 6.07) is 12.8. The molecule has 0 bridgehead atoms. The van der Waals surface area contributed by atoms with Crippen molar-refractivity contribution in [3.05, 3.63) is 71.0 Å². The van der Waals surface area contributed by atoms with Gasteiger partial charge < -0.3 is 4.90 Å². The molecule has 0 N–H and O–H groups in total. The number of para-hydroxylation sites is 1. The SMILES string of the molecule is O=[N+]([O-])c1ccccc1S(=O)(=O)N1CCN(c2ccc(-c3ccncc3)nn2)CC1. The molecule has 2 aromatic heterocycles. The summed E-state index contributed by atoms with van der Waals surface area (Å²) in [5.41, 5.74) is 1.21. The van der Waals surface area contributed by atoms with Crippen LogP contribution in [0.3, 0.4) is 0 Å². The Labute approximate surface area is 173 Å². The van der Waals surface area contributed by atoms with Gasteiger partial charge in [-0.05, 0) is 30.3 Å². The van der Waals surface area contributed by atoms with Crippen LogP contribution in [0.25, 0.3) is 11.3 Å². The second kappa shape index (κ2) is 8.13. The summed E-state index contributed by atoms with van der Waals surface area (Å²) < 4.78 is 27.1. The number of sulfonamides is 1. The topological polar surface area (TPSA) is 122 Å². The molecule has 1 fully saturated rings. The summed E-state index contributed by atoms with van der Waals surface area (Å²) in [5.74, 6) is 0.649. The molecule has 30 heavy (non-hydrogen) atoms. The number of piperazine rings is 1. The summed E-state index contributed by atoms with van der Waals surface area (Å²) in [4.78, 5) is 16.2. The smallest absolute Gasteiger partial charge is 0.289 e. The molecule has 3 aromatic rings. The van der Waals surface area contributed by atoms with Crippen molar-refractivity contribution in [2.24, 2.45) is 0 Å². The minimum Gasteiger partial charge on any atom is -0.352 e. The Bertz CT molecular complexity index is 1150. The van der Waals surface area contributed by atoms with Crippen molar-refractivity contribution in [2.75, 3.05) is 31.1 Å². The van der Waals surface area contributed by atoms with Gasteiger partial charge in [-0.25, -0.2) is 8.42 Å². The lowest BCUT2D eigenvalue weighted by atomic mass is 10.2. The van der Waals surface area contributed by atoms with Crippen LogP contribution in [0.5, 0.6) is 0 Å². The fraction of sp³-hybridized carbons (Fsp3) is 0.211. The quantitative estimate of drug-likeness (QED) is 0.448. The van der Waals surface area contributed by atoms with Crippen LogP contribution < -0.4 is 4.90 Å². The monoisotopic (exact) mass is 426 g/mol. The molecule has 0 radical (unpaired) electrons. The van der Waals surface area contributed by atoms with Crippen LogP contribution in [0.15, 0.2) is 65.8 Å². The highest BCUT2D eigenvalue weighted by molar-refractivity contribution is 7.89. The van der Waals surface area contributed by atoms with E-state index in [0.29, 0.717) is 18.9 Å². The molecule has 3 heterocycles. The number of nitrogens with zero attached hydrogens (tertiary/aromatic N) is 6. The molecule has 1 aliphatic rings. The van der Waals surface area contributed by atoms with E-state index in [0.717, 1.165) is 11.3 Å². The number of rotatable bonds is 5. The maximum Gasteiger partial charge on any atom is 0.289 e. The number of anilines is 1. The predicted molar refractivity (Wildman–Crippen MR) is 109 cm³/mol. The Hall–Kier alpha value is -3.44. The lowest BCUT2D eigenvalue weighted by molar-refractivity contribution is -0.387. The Balaban J connectivity index is 1.47. The highest BCUT2D eigenvalue weighted by atomic mass is 32.2. The number of nitro benzene ring substituents is 1. The van der Waals surface area contributed by atoms with Crippen LogP contribution in [0.4, 0.5) is 11.5 Å². The van der Waals surface area contributed by atoms with Gasteiger partial charge in [-0.15, -0.1) is 10.2 Å². The highest BCUT2D eigenvalue weighted by Gasteiger charge is 2.33. The Kier molecular flexibility index (Phi) is 5.38. The molecule has 4 rings (SSSR count). The van der Waals surface area contributed by atoms with Gasteiger partial charge in [0.05, 0.1) is 10.6 Å². The van der Waals surface area contributed by atoms with Crippen molar-refractivity contribution in [1.82, 2.24) is 19.5 Å². The van der Waals surface area contributed by atoms with Crippen LogP contribution >= 0.6 is 0 Å². The number of benzene rings is 1. The molecule has 1 aliphatic heterocycles. The maximum absolute atomic E-state index is 12.9. The molecule has 0 saturated carbocycles. The van der Waals surface area contributed by atoms with Gasteiger partial charge in [-0.1, -0.05) is 12.1 Å². The van der Waals surface area contributed by atoms with Gasteiger partial charge in [0, 0.05) is 50.2 Å². The van der Waals surface area contributed by atoms with E-state index >= 15 is 0 Å². The first-order valence-corrected chi connectivity index (χ1v) is 10.6. The fourth-order valence-electron chi connectivity index (χ4n) is 3.29. The molecule has 11 heteroatoms. The van der Waals surface area contributed by atoms with Gasteiger partial charge in [0.2, 0.25) is 10.0 Å². The zero-order valence-electron chi connectivity index (χ0n) is 15.8. The van der Waals surface area contributed by atoms with Crippen molar-refractivity contribution in [3.63, 3.8) is 0 Å². The lowest BCUT2D eigenvalue weighted by Crippen LogP contribution is -2.49. The summed E-state index contributed by atoms with van der Waals surface area (Å²) in [6.45, 7) is 1.20. The Morgan fingerprint density at radius 3 is 2.23 bits per heavy atom. The van der Waals surface area contributed by atoms with Crippen LogP contribution in [-0.4, -0.2) is 59.0 Å². The van der Waals surface area contributed by atoms with Crippen molar-refractivity contribution >= 4 is 21.5 Å². The first-order valence-electron chi connectivity index (χ1n) is 9.19. The molecular formula is C19H18N6O4S. The van der Waals surface area contributed by atoms with E-state index in [-0.39, 0.29) is 18.0 Å². The van der Waals surface area contributed by atoms with E-state index in [1.165, 1.54) is 28.6 Å². The maximum atomic E-state index is 12.9. The van der Waals surface area contributed by atoms with E-state index < -0.39 is 20.6 Å². The Morgan fingerprint density at radius 1 is 0.900 bits per heavy atom. The van der Waals surface area contributed by atoms with E-state index in [1.807, 2.05) is 29.2 Å². The van der Waals surface area contributed by atoms with Crippen molar-refractivity contribution in [1.29, 1.82) is 0 Å². The molecule has 0 spiro atoms. The van der Waals surface area contributed by atoms with Crippen molar-refractivity contribution in [3.8, 4) is 11.3 Å². The molecule has 1 aromatic carbocycles. The molecule has 0 atom stereocenters. The van der Waals surface area contributed by atoms with E-state index in [4.69, 9.17) is 0 Å².